The Balaban J connectivity index is 1.56. The predicted octanol–water partition coefficient (Wildman–Crippen LogP) is 0.769. The van der Waals surface area contributed by atoms with E-state index in [2.05, 4.69) is 33.0 Å². The highest BCUT2D eigenvalue weighted by molar-refractivity contribution is 5.14. The Morgan fingerprint density at radius 2 is 2.11 bits per heavy atom. The van der Waals surface area contributed by atoms with Gasteiger partial charge in [0.05, 0.1) is 6.61 Å². The number of nitrogens with one attached hydrogen (secondary N) is 1. The van der Waals surface area contributed by atoms with Crippen molar-refractivity contribution in [1.29, 1.82) is 0 Å². The first-order valence-electron chi connectivity index (χ1n) is 5.96. The van der Waals surface area contributed by atoms with Crippen molar-refractivity contribution in [2.75, 3.05) is 13.2 Å². The van der Waals surface area contributed by atoms with Gasteiger partial charge < -0.3 is 10.1 Å². The summed E-state index contributed by atoms with van der Waals surface area (Å²) in [6, 6.07) is 10.8. The van der Waals surface area contributed by atoms with Crippen molar-refractivity contribution in [3.05, 3.63) is 35.9 Å². The summed E-state index contributed by atoms with van der Waals surface area (Å²) in [6.07, 6.45) is 0.916. The molecular weight excluding hydrogens is 230 g/mol. The largest absolute Gasteiger partial charge is 0.462 e. The Labute approximate surface area is 106 Å². The van der Waals surface area contributed by atoms with E-state index in [1.54, 1.807) is 7.05 Å². The monoisotopic (exact) mass is 247 g/mol. The summed E-state index contributed by atoms with van der Waals surface area (Å²) in [5.41, 5.74) is 1.29. The molecule has 1 N–H and O–H groups in total. The third-order valence-electron chi connectivity index (χ3n) is 2.48. The van der Waals surface area contributed by atoms with Crippen molar-refractivity contribution in [2.45, 2.75) is 13.0 Å². The fourth-order valence-corrected chi connectivity index (χ4v) is 1.53. The van der Waals surface area contributed by atoms with Crippen molar-refractivity contribution >= 4 is 0 Å². The minimum absolute atomic E-state index is 0.457. The molecule has 2 aromatic rings. The van der Waals surface area contributed by atoms with Crippen molar-refractivity contribution in [1.82, 2.24) is 25.5 Å². The van der Waals surface area contributed by atoms with Gasteiger partial charge in [0.15, 0.2) is 0 Å². The average molecular weight is 247 g/mol. The fraction of sp³-hybridized carbons (Fsp3) is 0.417. The van der Waals surface area contributed by atoms with Crippen LogP contribution in [0.15, 0.2) is 30.3 Å². The minimum atomic E-state index is 0.457. The van der Waals surface area contributed by atoms with Crippen molar-refractivity contribution in [2.24, 2.45) is 7.05 Å². The van der Waals surface area contributed by atoms with E-state index >= 15 is 0 Å². The van der Waals surface area contributed by atoms with E-state index in [9.17, 15) is 0 Å². The molecule has 0 aliphatic carbocycles. The van der Waals surface area contributed by atoms with E-state index in [0.29, 0.717) is 12.6 Å². The van der Waals surface area contributed by atoms with Crippen LogP contribution in [0.25, 0.3) is 0 Å². The van der Waals surface area contributed by atoms with Gasteiger partial charge in [-0.1, -0.05) is 35.4 Å². The zero-order chi connectivity index (χ0) is 12.6. The molecule has 0 unspecified atom stereocenters. The van der Waals surface area contributed by atoms with Gasteiger partial charge in [-0.15, -0.1) is 0 Å². The number of aromatic nitrogens is 4. The quantitative estimate of drug-likeness (QED) is 0.732. The highest BCUT2D eigenvalue weighted by atomic mass is 16.5. The summed E-state index contributed by atoms with van der Waals surface area (Å²) in [4.78, 5) is 0. The van der Waals surface area contributed by atoms with Crippen molar-refractivity contribution in [3.8, 4) is 6.01 Å². The Bertz CT molecular complexity index is 457. The Kier molecular flexibility index (Phi) is 4.66. The van der Waals surface area contributed by atoms with Crippen LogP contribution in [0.5, 0.6) is 6.01 Å². The number of nitrogens with zero attached hydrogens (tertiary/aromatic N) is 4. The molecule has 0 radical (unpaired) electrons. The van der Waals surface area contributed by atoms with Gasteiger partial charge >= 0.3 is 6.01 Å². The molecule has 1 heterocycles. The van der Waals surface area contributed by atoms with Crippen molar-refractivity contribution in [3.63, 3.8) is 0 Å². The molecule has 0 aliphatic rings. The van der Waals surface area contributed by atoms with Gasteiger partial charge in [0, 0.05) is 13.6 Å². The zero-order valence-corrected chi connectivity index (χ0v) is 10.4. The second-order valence-corrected chi connectivity index (χ2v) is 3.95. The van der Waals surface area contributed by atoms with Crippen LogP contribution in [0.3, 0.4) is 0 Å². The summed E-state index contributed by atoms with van der Waals surface area (Å²) in [5.74, 6) is 0. The topological polar surface area (TPSA) is 64.9 Å². The lowest BCUT2D eigenvalue weighted by Crippen LogP contribution is -2.17. The minimum Gasteiger partial charge on any atom is -0.462 e. The van der Waals surface area contributed by atoms with Gasteiger partial charge in [0.25, 0.3) is 0 Å². The molecule has 0 amide bonds. The second kappa shape index (κ2) is 6.70. The molecule has 6 heteroatoms. The van der Waals surface area contributed by atoms with Gasteiger partial charge in [-0.05, 0) is 29.0 Å². The van der Waals surface area contributed by atoms with E-state index in [1.807, 2.05) is 18.2 Å². The van der Waals surface area contributed by atoms with Crippen LogP contribution in [-0.4, -0.2) is 33.4 Å². The molecule has 0 spiro atoms. The molecular formula is C12H17N5O. The number of hydrogen-bond acceptors (Lipinski definition) is 5. The lowest BCUT2D eigenvalue weighted by molar-refractivity contribution is 0.271. The van der Waals surface area contributed by atoms with Crippen LogP contribution < -0.4 is 10.1 Å². The highest BCUT2D eigenvalue weighted by Crippen LogP contribution is 2.00. The molecule has 1 aromatic carbocycles. The molecule has 0 atom stereocenters. The third-order valence-corrected chi connectivity index (χ3v) is 2.48. The molecule has 0 bridgehead atoms. The van der Waals surface area contributed by atoms with Crippen molar-refractivity contribution < 1.29 is 4.74 Å². The first kappa shape index (κ1) is 12.5. The maximum atomic E-state index is 5.42. The molecule has 0 aliphatic heterocycles. The van der Waals surface area contributed by atoms with Crippen LogP contribution in [0.2, 0.25) is 0 Å². The Morgan fingerprint density at radius 3 is 2.83 bits per heavy atom. The first-order chi connectivity index (χ1) is 8.86. The van der Waals surface area contributed by atoms with Crippen LogP contribution >= 0.6 is 0 Å². The van der Waals surface area contributed by atoms with E-state index in [1.165, 1.54) is 10.2 Å². The molecule has 0 saturated heterocycles. The molecule has 1 aromatic heterocycles. The van der Waals surface area contributed by atoms with Gasteiger partial charge in [0.2, 0.25) is 0 Å². The predicted molar refractivity (Wildman–Crippen MR) is 67.1 cm³/mol. The summed E-state index contributed by atoms with van der Waals surface area (Å²) >= 11 is 0. The lowest BCUT2D eigenvalue weighted by atomic mass is 10.2. The highest BCUT2D eigenvalue weighted by Gasteiger charge is 2.01. The summed E-state index contributed by atoms with van der Waals surface area (Å²) in [6.45, 7) is 2.39. The normalized spacial score (nSPS) is 10.5. The number of benzene rings is 1. The van der Waals surface area contributed by atoms with E-state index in [0.717, 1.165) is 19.5 Å². The number of aryl methyl sites for hydroxylation is 1. The number of ether oxygens (including phenoxy) is 1. The molecule has 0 saturated carbocycles. The van der Waals surface area contributed by atoms with Crippen LogP contribution in [0.4, 0.5) is 0 Å². The standard InChI is InChI=1S/C12H17N5O/c1-17-12(14-15-16-17)18-9-5-8-13-10-11-6-3-2-4-7-11/h2-4,6-7,13H,5,8-10H2,1H3. The van der Waals surface area contributed by atoms with Crippen LogP contribution in [0, 0.1) is 0 Å². The molecule has 6 nitrogen and oxygen atoms in total. The number of tetrazole rings is 1. The number of rotatable bonds is 7. The summed E-state index contributed by atoms with van der Waals surface area (Å²) in [5, 5.41) is 14.3. The molecule has 2 rings (SSSR count). The van der Waals surface area contributed by atoms with E-state index in [-0.39, 0.29) is 0 Å². The Hall–Kier alpha value is -1.95. The van der Waals surface area contributed by atoms with Gasteiger partial charge in [0.1, 0.15) is 0 Å². The van der Waals surface area contributed by atoms with Crippen LogP contribution in [0.1, 0.15) is 12.0 Å². The molecule has 18 heavy (non-hydrogen) atoms. The zero-order valence-electron chi connectivity index (χ0n) is 10.4. The SMILES string of the molecule is Cn1nnnc1OCCCNCc1ccccc1. The lowest BCUT2D eigenvalue weighted by Gasteiger charge is -2.05. The first-order valence-corrected chi connectivity index (χ1v) is 5.96. The molecule has 0 fully saturated rings. The van der Waals surface area contributed by atoms with Crippen LogP contribution in [-0.2, 0) is 13.6 Å². The Morgan fingerprint density at radius 1 is 1.28 bits per heavy atom. The molecule has 96 valence electrons. The van der Waals surface area contributed by atoms with Gasteiger partial charge in [-0.3, -0.25) is 0 Å². The summed E-state index contributed by atoms with van der Waals surface area (Å²) in [7, 11) is 1.75. The van der Waals surface area contributed by atoms with E-state index < -0.39 is 0 Å². The maximum Gasteiger partial charge on any atom is 0.335 e. The van der Waals surface area contributed by atoms with Gasteiger partial charge in [-0.25, -0.2) is 0 Å². The average Bonchev–Trinajstić information content (AvgIpc) is 2.81. The van der Waals surface area contributed by atoms with Gasteiger partial charge in [-0.2, -0.15) is 4.68 Å². The maximum absolute atomic E-state index is 5.42. The smallest absolute Gasteiger partial charge is 0.335 e. The number of hydrogen-bond donors (Lipinski definition) is 1. The third kappa shape index (κ3) is 3.81. The fourth-order valence-electron chi connectivity index (χ4n) is 1.53. The van der Waals surface area contributed by atoms with E-state index in [4.69, 9.17) is 4.74 Å². The summed E-state index contributed by atoms with van der Waals surface area (Å²) < 4.78 is 6.93. The second-order valence-electron chi connectivity index (χ2n) is 3.95.